The lowest BCUT2D eigenvalue weighted by molar-refractivity contribution is 0.0974. The first-order chi connectivity index (χ1) is 12.5. The molecule has 0 saturated heterocycles. The Labute approximate surface area is 156 Å². The van der Waals surface area contributed by atoms with Crippen molar-refractivity contribution >= 4 is 39.7 Å². The molecule has 6 heteroatoms. The van der Waals surface area contributed by atoms with Gasteiger partial charge in [-0.2, -0.15) is 0 Å². The SMILES string of the molecule is COc1c(C)cccc1C(=O)NC(=S)Nc1cccc2cc(O)ccc12. The average molecular weight is 366 g/mol. The third-order valence-electron chi connectivity index (χ3n) is 4.00. The molecule has 0 aliphatic heterocycles. The summed E-state index contributed by atoms with van der Waals surface area (Å²) in [4.78, 5) is 12.5. The number of fused-ring (bicyclic) bond motifs is 1. The molecule has 0 spiro atoms. The average Bonchev–Trinajstić information content (AvgIpc) is 2.61. The van der Waals surface area contributed by atoms with Crippen molar-refractivity contribution in [2.45, 2.75) is 6.92 Å². The largest absolute Gasteiger partial charge is 0.508 e. The summed E-state index contributed by atoms with van der Waals surface area (Å²) in [5.74, 6) is 0.367. The second kappa shape index (κ2) is 7.41. The van der Waals surface area contributed by atoms with Crippen molar-refractivity contribution in [3.05, 3.63) is 65.7 Å². The number of benzene rings is 3. The number of anilines is 1. The Balaban J connectivity index is 1.80. The third kappa shape index (κ3) is 3.60. The summed E-state index contributed by atoms with van der Waals surface area (Å²) in [6.45, 7) is 1.87. The van der Waals surface area contributed by atoms with Gasteiger partial charge in [-0.15, -0.1) is 0 Å². The van der Waals surface area contributed by atoms with Crippen LogP contribution in [0, 0.1) is 6.92 Å². The Morgan fingerprint density at radius 1 is 1.12 bits per heavy atom. The molecule has 3 aromatic carbocycles. The second-order valence-electron chi connectivity index (χ2n) is 5.77. The smallest absolute Gasteiger partial charge is 0.261 e. The van der Waals surface area contributed by atoms with E-state index in [0.29, 0.717) is 11.3 Å². The van der Waals surface area contributed by atoms with Gasteiger partial charge in [-0.1, -0.05) is 24.3 Å². The summed E-state index contributed by atoms with van der Waals surface area (Å²) in [7, 11) is 1.53. The molecule has 3 N–H and O–H groups in total. The number of thiocarbonyl (C=S) groups is 1. The van der Waals surface area contributed by atoms with Crippen molar-refractivity contribution in [2.24, 2.45) is 0 Å². The van der Waals surface area contributed by atoms with Crippen molar-refractivity contribution in [3.8, 4) is 11.5 Å². The van der Waals surface area contributed by atoms with Gasteiger partial charge in [0.05, 0.1) is 12.7 Å². The number of aryl methyl sites for hydroxylation is 1. The number of carbonyl (C=O) groups is 1. The number of phenolic OH excluding ortho intramolecular Hbond substituents is 1. The number of carbonyl (C=O) groups excluding carboxylic acids is 1. The number of amides is 1. The van der Waals surface area contributed by atoms with Crippen LogP contribution in [0.5, 0.6) is 11.5 Å². The zero-order chi connectivity index (χ0) is 18.7. The zero-order valence-electron chi connectivity index (χ0n) is 14.4. The van der Waals surface area contributed by atoms with E-state index >= 15 is 0 Å². The summed E-state index contributed by atoms with van der Waals surface area (Å²) in [6.07, 6.45) is 0. The number of aromatic hydroxyl groups is 1. The number of para-hydroxylation sites is 1. The van der Waals surface area contributed by atoms with E-state index in [-0.39, 0.29) is 16.8 Å². The predicted octanol–water partition coefficient (Wildman–Crippen LogP) is 3.99. The van der Waals surface area contributed by atoms with Gasteiger partial charge in [0.25, 0.3) is 5.91 Å². The van der Waals surface area contributed by atoms with E-state index in [0.717, 1.165) is 22.0 Å². The monoisotopic (exact) mass is 366 g/mol. The molecule has 0 aromatic heterocycles. The first-order valence-corrected chi connectivity index (χ1v) is 8.38. The van der Waals surface area contributed by atoms with Crippen LogP contribution in [0.25, 0.3) is 10.8 Å². The fourth-order valence-electron chi connectivity index (χ4n) is 2.81. The first kappa shape index (κ1) is 17.7. The molecule has 0 fully saturated rings. The van der Waals surface area contributed by atoms with Crippen LogP contribution in [0.15, 0.2) is 54.6 Å². The van der Waals surface area contributed by atoms with Gasteiger partial charge in [0.2, 0.25) is 0 Å². The summed E-state index contributed by atoms with van der Waals surface area (Å²) < 4.78 is 5.32. The van der Waals surface area contributed by atoms with Crippen LogP contribution >= 0.6 is 12.2 Å². The fourth-order valence-corrected chi connectivity index (χ4v) is 3.01. The Morgan fingerprint density at radius 2 is 1.88 bits per heavy atom. The minimum atomic E-state index is -0.346. The molecule has 26 heavy (non-hydrogen) atoms. The molecule has 0 heterocycles. The van der Waals surface area contributed by atoms with Crippen molar-refractivity contribution in [1.29, 1.82) is 0 Å². The van der Waals surface area contributed by atoms with Gasteiger partial charge in [0, 0.05) is 11.1 Å². The molecule has 0 bridgehead atoms. The normalized spacial score (nSPS) is 10.4. The van der Waals surface area contributed by atoms with Crippen LogP contribution in [0.2, 0.25) is 0 Å². The predicted molar refractivity (Wildman–Crippen MR) is 107 cm³/mol. The van der Waals surface area contributed by atoms with Gasteiger partial charge in [0.15, 0.2) is 5.11 Å². The summed E-state index contributed by atoms with van der Waals surface area (Å²) in [5.41, 5.74) is 2.02. The van der Waals surface area contributed by atoms with Gasteiger partial charge in [-0.25, -0.2) is 0 Å². The minimum Gasteiger partial charge on any atom is -0.508 e. The number of phenols is 1. The molecule has 0 saturated carbocycles. The number of hydrogen-bond donors (Lipinski definition) is 3. The fraction of sp³-hybridized carbons (Fsp3) is 0.100. The van der Waals surface area contributed by atoms with E-state index in [1.54, 1.807) is 30.3 Å². The van der Waals surface area contributed by atoms with Crippen LogP contribution in [0.1, 0.15) is 15.9 Å². The van der Waals surface area contributed by atoms with Crippen LogP contribution in [0.4, 0.5) is 5.69 Å². The Bertz CT molecular complexity index is 1000. The molecular weight excluding hydrogens is 348 g/mol. The van der Waals surface area contributed by atoms with E-state index in [1.165, 1.54) is 7.11 Å². The first-order valence-electron chi connectivity index (χ1n) is 7.97. The lowest BCUT2D eigenvalue weighted by Gasteiger charge is -2.14. The van der Waals surface area contributed by atoms with Crippen LogP contribution < -0.4 is 15.4 Å². The summed E-state index contributed by atoms with van der Waals surface area (Å²) >= 11 is 5.28. The van der Waals surface area contributed by atoms with Crippen molar-refractivity contribution in [1.82, 2.24) is 5.32 Å². The highest BCUT2D eigenvalue weighted by molar-refractivity contribution is 7.80. The zero-order valence-corrected chi connectivity index (χ0v) is 15.2. The number of hydrogen-bond acceptors (Lipinski definition) is 4. The second-order valence-corrected chi connectivity index (χ2v) is 6.18. The molecule has 0 radical (unpaired) electrons. The molecule has 132 valence electrons. The van der Waals surface area contributed by atoms with E-state index in [2.05, 4.69) is 10.6 Å². The number of nitrogens with one attached hydrogen (secondary N) is 2. The van der Waals surface area contributed by atoms with Gasteiger partial charge in [-0.3, -0.25) is 10.1 Å². The highest BCUT2D eigenvalue weighted by atomic mass is 32.1. The van der Waals surface area contributed by atoms with E-state index < -0.39 is 0 Å². The lowest BCUT2D eigenvalue weighted by Crippen LogP contribution is -2.34. The molecule has 5 nitrogen and oxygen atoms in total. The van der Waals surface area contributed by atoms with Crippen LogP contribution in [0.3, 0.4) is 0 Å². The van der Waals surface area contributed by atoms with Crippen LogP contribution in [-0.2, 0) is 0 Å². The Hall–Kier alpha value is -3.12. The molecule has 0 aliphatic rings. The minimum absolute atomic E-state index is 0.180. The number of rotatable bonds is 3. The number of ether oxygens (including phenoxy) is 1. The molecule has 0 aliphatic carbocycles. The van der Waals surface area contributed by atoms with Crippen molar-refractivity contribution in [3.63, 3.8) is 0 Å². The van der Waals surface area contributed by atoms with E-state index in [4.69, 9.17) is 17.0 Å². The molecule has 1 amide bonds. The summed E-state index contributed by atoms with van der Waals surface area (Å²) in [6, 6.07) is 16.0. The maximum absolute atomic E-state index is 12.5. The maximum Gasteiger partial charge on any atom is 0.261 e. The Morgan fingerprint density at radius 3 is 2.65 bits per heavy atom. The van der Waals surface area contributed by atoms with Gasteiger partial charge >= 0.3 is 0 Å². The van der Waals surface area contributed by atoms with E-state index in [9.17, 15) is 9.90 Å². The van der Waals surface area contributed by atoms with Crippen molar-refractivity contribution < 1.29 is 14.6 Å². The van der Waals surface area contributed by atoms with Crippen LogP contribution in [-0.4, -0.2) is 23.2 Å². The lowest BCUT2D eigenvalue weighted by atomic mass is 10.1. The number of methoxy groups -OCH3 is 1. The highest BCUT2D eigenvalue weighted by Gasteiger charge is 2.15. The topological polar surface area (TPSA) is 70.6 Å². The Kier molecular flexibility index (Phi) is 5.04. The maximum atomic E-state index is 12.5. The van der Waals surface area contributed by atoms with E-state index in [1.807, 2.05) is 31.2 Å². The third-order valence-corrected chi connectivity index (χ3v) is 4.20. The molecular formula is C20H18N2O3S. The highest BCUT2D eigenvalue weighted by Crippen LogP contribution is 2.27. The van der Waals surface area contributed by atoms with Crippen molar-refractivity contribution in [2.75, 3.05) is 12.4 Å². The molecule has 3 aromatic rings. The standard InChI is InChI=1S/C20H18N2O3S/c1-12-5-3-7-16(18(12)25-2)19(24)22-20(26)21-17-8-4-6-13-11-14(23)9-10-15(13)17/h3-11,23H,1-2H3,(H2,21,22,24,26). The summed E-state index contributed by atoms with van der Waals surface area (Å²) in [5, 5.41) is 17.2. The molecule has 0 unspecified atom stereocenters. The quantitative estimate of drug-likeness (QED) is 0.612. The van der Waals surface area contributed by atoms with Gasteiger partial charge in [0.1, 0.15) is 11.5 Å². The van der Waals surface area contributed by atoms with Gasteiger partial charge < -0.3 is 15.2 Å². The molecule has 0 atom stereocenters. The van der Waals surface area contributed by atoms with Gasteiger partial charge in [-0.05, 0) is 60.4 Å². The molecule has 3 rings (SSSR count).